The number of hydrogen-bond acceptors (Lipinski definition) is 4. The van der Waals surface area contributed by atoms with Crippen molar-refractivity contribution in [3.63, 3.8) is 0 Å². The van der Waals surface area contributed by atoms with E-state index in [1.807, 2.05) is 6.92 Å². The highest BCUT2D eigenvalue weighted by Crippen LogP contribution is 2.41. The van der Waals surface area contributed by atoms with Crippen molar-refractivity contribution >= 4 is 35.5 Å². The van der Waals surface area contributed by atoms with Gasteiger partial charge in [-0.05, 0) is 37.2 Å². The van der Waals surface area contributed by atoms with Gasteiger partial charge in [0.2, 0.25) is 0 Å². The summed E-state index contributed by atoms with van der Waals surface area (Å²) in [5.74, 6) is 0.654. The molecule has 0 atom stereocenters. The predicted molar refractivity (Wildman–Crippen MR) is 190 cm³/mol. The maximum absolute atomic E-state index is 12.1. The van der Waals surface area contributed by atoms with E-state index < -0.39 is 16.0 Å². The second kappa shape index (κ2) is 35.1. The van der Waals surface area contributed by atoms with E-state index in [4.69, 9.17) is 5.11 Å². The molecule has 0 rings (SSSR count). The van der Waals surface area contributed by atoms with E-state index in [2.05, 4.69) is 20.8 Å². The van der Waals surface area contributed by atoms with E-state index in [1.165, 1.54) is 141 Å². The van der Waals surface area contributed by atoms with Gasteiger partial charge in [-0.15, -0.1) is 23.5 Å². The second-order valence-corrected chi connectivity index (χ2v) is 15.1. The molecule has 0 radical (unpaired) electrons. The summed E-state index contributed by atoms with van der Waals surface area (Å²) in [5.41, 5.74) is 0. The number of thioether (sulfide) groups is 2. The van der Waals surface area contributed by atoms with Crippen LogP contribution in [0.5, 0.6) is 0 Å². The standard InChI is InChI=1S/C32H64O2S2.C4H8O2/c1-4-7-9-11-13-15-17-19-21-23-25-27-29-35-32(6-3,31(33)34)36-30-28-26-24-22-20-18-16-14-12-10-8-5-2;1-2-3-4(5)6/h4-30H2,1-3H3,(H,33,34);2-3H2,1H3,(H,5,6). The molecule has 0 heterocycles. The van der Waals surface area contributed by atoms with Crippen molar-refractivity contribution < 1.29 is 19.8 Å². The van der Waals surface area contributed by atoms with Crippen molar-refractivity contribution in [1.29, 1.82) is 0 Å². The highest BCUT2D eigenvalue weighted by atomic mass is 32.2. The first-order chi connectivity index (χ1) is 20.4. The molecule has 0 saturated heterocycles. The average Bonchev–Trinajstić information content (AvgIpc) is 2.97. The summed E-state index contributed by atoms with van der Waals surface area (Å²) in [4.78, 5) is 21.7. The zero-order chi connectivity index (χ0) is 31.6. The highest BCUT2D eigenvalue weighted by Gasteiger charge is 2.37. The third-order valence-electron chi connectivity index (χ3n) is 7.92. The molecule has 0 aliphatic rings. The van der Waals surface area contributed by atoms with E-state index in [0.717, 1.165) is 30.8 Å². The quantitative estimate of drug-likeness (QED) is 0.0567. The first-order valence-electron chi connectivity index (χ1n) is 18.1. The molecule has 0 aromatic rings. The van der Waals surface area contributed by atoms with Crippen LogP contribution in [0, 0.1) is 0 Å². The molecule has 0 aliphatic heterocycles. The lowest BCUT2D eigenvalue weighted by Crippen LogP contribution is -2.31. The van der Waals surface area contributed by atoms with Crippen molar-refractivity contribution in [3.05, 3.63) is 0 Å². The molecule has 0 amide bonds. The van der Waals surface area contributed by atoms with E-state index >= 15 is 0 Å². The molecule has 0 saturated carbocycles. The number of carbonyl (C=O) groups is 2. The van der Waals surface area contributed by atoms with Crippen molar-refractivity contribution in [3.8, 4) is 0 Å². The zero-order valence-corrected chi connectivity index (χ0v) is 30.2. The average molecular weight is 633 g/mol. The highest BCUT2D eigenvalue weighted by molar-refractivity contribution is 8.19. The number of carboxylic acids is 2. The van der Waals surface area contributed by atoms with Crippen LogP contribution in [0.3, 0.4) is 0 Å². The fraction of sp³-hybridized carbons (Fsp3) is 0.944. The summed E-state index contributed by atoms with van der Waals surface area (Å²) in [6.45, 7) is 8.45. The maximum atomic E-state index is 12.1. The summed E-state index contributed by atoms with van der Waals surface area (Å²) in [5, 5.41) is 17.9. The lowest BCUT2D eigenvalue weighted by molar-refractivity contribution is -0.138. The van der Waals surface area contributed by atoms with Gasteiger partial charge in [0.1, 0.15) is 0 Å². The molecular weight excluding hydrogens is 561 g/mol. The Bertz CT molecular complexity index is 541. The Labute approximate surface area is 271 Å². The van der Waals surface area contributed by atoms with Crippen LogP contribution in [0.2, 0.25) is 0 Å². The number of hydrogen-bond donors (Lipinski definition) is 2. The van der Waals surface area contributed by atoms with Crippen LogP contribution in [-0.4, -0.2) is 37.7 Å². The molecule has 252 valence electrons. The summed E-state index contributed by atoms with van der Waals surface area (Å²) >= 11 is 3.41. The van der Waals surface area contributed by atoms with Crippen molar-refractivity contribution in [2.24, 2.45) is 0 Å². The van der Waals surface area contributed by atoms with Gasteiger partial charge >= 0.3 is 11.9 Å². The zero-order valence-electron chi connectivity index (χ0n) is 28.5. The van der Waals surface area contributed by atoms with Crippen LogP contribution in [0.15, 0.2) is 0 Å². The van der Waals surface area contributed by atoms with Gasteiger partial charge in [-0.1, -0.05) is 169 Å². The van der Waals surface area contributed by atoms with Gasteiger partial charge in [0.15, 0.2) is 4.08 Å². The van der Waals surface area contributed by atoms with Gasteiger partial charge in [-0.25, -0.2) is 4.79 Å². The summed E-state index contributed by atoms with van der Waals surface area (Å²) < 4.78 is -0.629. The largest absolute Gasteiger partial charge is 0.481 e. The fourth-order valence-electron chi connectivity index (χ4n) is 5.09. The van der Waals surface area contributed by atoms with Crippen molar-refractivity contribution in [2.75, 3.05) is 11.5 Å². The lowest BCUT2D eigenvalue weighted by Gasteiger charge is -2.27. The number of carboxylic acid groups (broad SMARTS) is 2. The molecule has 0 spiro atoms. The Morgan fingerprint density at radius 3 is 0.929 bits per heavy atom. The minimum atomic E-state index is -0.711. The SMILES string of the molecule is CCCC(=O)O.CCCCCCCCCCCCCCSC(CC)(SCCCCCCCCCCCCCC)C(=O)O. The summed E-state index contributed by atoms with van der Waals surface area (Å²) in [6.07, 6.45) is 34.3. The first-order valence-corrected chi connectivity index (χ1v) is 20.1. The monoisotopic (exact) mass is 632 g/mol. The van der Waals surface area contributed by atoms with Crippen molar-refractivity contribution in [2.45, 2.75) is 205 Å². The van der Waals surface area contributed by atoms with E-state index in [1.54, 1.807) is 23.5 Å². The van der Waals surface area contributed by atoms with E-state index in [9.17, 15) is 14.7 Å². The van der Waals surface area contributed by atoms with Gasteiger partial charge in [0.25, 0.3) is 0 Å². The molecule has 0 fully saturated rings. The molecule has 0 aromatic carbocycles. The Morgan fingerprint density at radius 2 is 0.738 bits per heavy atom. The van der Waals surface area contributed by atoms with Gasteiger partial charge < -0.3 is 10.2 Å². The minimum Gasteiger partial charge on any atom is -0.481 e. The lowest BCUT2D eigenvalue weighted by atomic mass is 10.1. The van der Waals surface area contributed by atoms with Gasteiger partial charge in [0.05, 0.1) is 0 Å². The summed E-state index contributed by atoms with van der Waals surface area (Å²) in [7, 11) is 0. The number of aliphatic carboxylic acids is 2. The number of unbranched alkanes of at least 4 members (excludes halogenated alkanes) is 22. The van der Waals surface area contributed by atoms with Gasteiger partial charge in [0, 0.05) is 6.42 Å². The molecule has 0 bridgehead atoms. The molecule has 42 heavy (non-hydrogen) atoms. The van der Waals surface area contributed by atoms with Crippen LogP contribution in [0.4, 0.5) is 0 Å². The minimum absolute atomic E-state index is 0.292. The third kappa shape index (κ3) is 31.1. The van der Waals surface area contributed by atoms with Crippen LogP contribution in [-0.2, 0) is 9.59 Å². The molecule has 0 aliphatic carbocycles. The number of rotatable bonds is 32. The first kappa shape index (κ1) is 43.8. The van der Waals surface area contributed by atoms with Crippen LogP contribution < -0.4 is 0 Å². The van der Waals surface area contributed by atoms with E-state index in [-0.39, 0.29) is 0 Å². The van der Waals surface area contributed by atoms with E-state index in [0.29, 0.717) is 12.8 Å². The maximum Gasteiger partial charge on any atom is 0.330 e. The normalized spacial score (nSPS) is 11.3. The second-order valence-electron chi connectivity index (χ2n) is 12.0. The molecule has 4 nitrogen and oxygen atoms in total. The Kier molecular flexibility index (Phi) is 36.6. The predicted octanol–water partition coefficient (Wildman–Crippen LogP) is 12.9. The molecular formula is C36H72O4S2. The van der Waals surface area contributed by atoms with Gasteiger partial charge in [-0.2, -0.15) is 0 Å². The van der Waals surface area contributed by atoms with Crippen molar-refractivity contribution in [1.82, 2.24) is 0 Å². The third-order valence-corrected chi connectivity index (χ3v) is 11.5. The van der Waals surface area contributed by atoms with Crippen LogP contribution in [0.25, 0.3) is 0 Å². The Morgan fingerprint density at radius 1 is 0.452 bits per heavy atom. The topological polar surface area (TPSA) is 74.6 Å². The Hall–Kier alpha value is -0.360. The summed E-state index contributed by atoms with van der Waals surface area (Å²) in [6, 6.07) is 0. The van der Waals surface area contributed by atoms with Gasteiger partial charge in [-0.3, -0.25) is 4.79 Å². The molecule has 6 heteroatoms. The fourth-order valence-corrected chi connectivity index (χ4v) is 7.94. The van der Waals surface area contributed by atoms with Crippen LogP contribution >= 0.6 is 23.5 Å². The smallest absolute Gasteiger partial charge is 0.330 e. The molecule has 0 aromatic heterocycles. The Balaban J connectivity index is 0. The van der Waals surface area contributed by atoms with Crippen LogP contribution in [0.1, 0.15) is 201 Å². The molecule has 0 unspecified atom stereocenters. The molecule has 2 N–H and O–H groups in total.